The molecular formula is C12H9N3O3-2. The van der Waals surface area contributed by atoms with Crippen LogP contribution in [0.25, 0.3) is 5.32 Å². The molecule has 0 unspecified atom stereocenters. The van der Waals surface area contributed by atoms with Crippen LogP contribution in [0.5, 0.6) is 0 Å². The molecule has 0 aliphatic carbocycles. The van der Waals surface area contributed by atoms with Crippen molar-refractivity contribution in [3.63, 3.8) is 0 Å². The summed E-state index contributed by atoms with van der Waals surface area (Å²) < 4.78 is 0. The molecule has 1 N–H and O–H groups in total. The Kier molecular flexibility index (Phi) is 3.29. The van der Waals surface area contributed by atoms with Crippen LogP contribution in [-0.2, 0) is 0 Å². The number of benzene rings is 1. The molecule has 0 radical (unpaired) electrons. The lowest BCUT2D eigenvalue weighted by atomic mass is 10.3. The number of nitrogens with zero attached hydrogens (tertiary/aromatic N) is 2. The lowest BCUT2D eigenvalue weighted by Crippen LogP contribution is -2.06. The highest BCUT2D eigenvalue weighted by Gasteiger charge is 2.02. The molecule has 0 aromatic heterocycles. The molecule has 0 fully saturated rings. The Morgan fingerprint density at radius 3 is 2.56 bits per heavy atom. The van der Waals surface area contributed by atoms with Crippen molar-refractivity contribution >= 4 is 23.1 Å². The molecule has 0 saturated heterocycles. The summed E-state index contributed by atoms with van der Waals surface area (Å²) in [5.41, 5.74) is 0.997. The molecule has 6 heteroatoms. The van der Waals surface area contributed by atoms with Gasteiger partial charge < -0.3 is 10.6 Å². The van der Waals surface area contributed by atoms with Gasteiger partial charge in [-0.05, 0) is 5.69 Å². The van der Waals surface area contributed by atoms with Crippen LogP contribution in [-0.4, -0.2) is 11.0 Å². The zero-order chi connectivity index (χ0) is 13.0. The number of hydrogen-bond acceptors (Lipinski definition) is 3. The van der Waals surface area contributed by atoms with Crippen LogP contribution in [0.1, 0.15) is 0 Å². The van der Waals surface area contributed by atoms with Gasteiger partial charge in [0.15, 0.2) is 6.03 Å². The Hall–Kier alpha value is -2.76. The van der Waals surface area contributed by atoms with E-state index in [4.69, 9.17) is 0 Å². The highest BCUT2D eigenvalue weighted by Crippen LogP contribution is 2.20. The topological polar surface area (TPSA) is 86.3 Å². The third kappa shape index (κ3) is 2.88. The maximum absolute atomic E-state index is 11.5. The first-order valence-electron chi connectivity index (χ1n) is 5.14. The number of nitro benzene ring substituents is 1. The average Bonchev–Trinajstić information content (AvgIpc) is 2.82. The van der Waals surface area contributed by atoms with Crippen molar-refractivity contribution in [3.05, 3.63) is 64.0 Å². The van der Waals surface area contributed by atoms with Crippen LogP contribution < -0.4 is 5.32 Å². The summed E-state index contributed by atoms with van der Waals surface area (Å²) in [5, 5.41) is 16.8. The first-order valence-corrected chi connectivity index (χ1v) is 5.14. The molecule has 2 rings (SSSR count). The minimum Gasteiger partial charge on any atom is -0.427 e. The second kappa shape index (κ2) is 5.05. The largest absolute Gasteiger partial charge is 0.427 e. The number of rotatable bonds is 3. The molecule has 0 heterocycles. The van der Waals surface area contributed by atoms with Crippen molar-refractivity contribution in [2.45, 2.75) is 0 Å². The Bertz CT molecular complexity index is 546. The van der Waals surface area contributed by atoms with Gasteiger partial charge in [-0.15, -0.1) is 0 Å². The first kappa shape index (κ1) is 11.7. The molecular weight excluding hydrogens is 234 g/mol. The smallest absolute Gasteiger partial charge is 0.269 e. The molecule has 0 saturated carbocycles. The lowest BCUT2D eigenvalue weighted by Gasteiger charge is -2.17. The number of hydrogen-bond donors (Lipinski definition) is 1. The van der Waals surface area contributed by atoms with Gasteiger partial charge in [-0.3, -0.25) is 14.9 Å². The molecule has 0 atom stereocenters. The highest BCUT2D eigenvalue weighted by atomic mass is 16.6. The average molecular weight is 243 g/mol. The maximum atomic E-state index is 11.5. The van der Waals surface area contributed by atoms with Gasteiger partial charge in [-0.25, -0.2) is 12.1 Å². The molecule has 2 aromatic rings. The quantitative estimate of drug-likeness (QED) is 0.508. The third-order valence-electron chi connectivity index (χ3n) is 2.21. The van der Waals surface area contributed by atoms with Crippen molar-refractivity contribution in [2.75, 3.05) is 5.32 Å². The van der Waals surface area contributed by atoms with E-state index in [9.17, 15) is 14.9 Å². The predicted molar refractivity (Wildman–Crippen MR) is 67.2 cm³/mol. The molecule has 18 heavy (non-hydrogen) atoms. The number of anilines is 1. The minimum atomic E-state index is -0.518. The SMILES string of the molecule is O=C([N-]c1ccc[cH-]1)Nc1ccc([N+](=O)[O-])cc1. The zero-order valence-corrected chi connectivity index (χ0v) is 9.24. The maximum Gasteiger partial charge on any atom is 0.269 e. The van der Waals surface area contributed by atoms with Crippen LogP contribution in [0, 0.1) is 10.1 Å². The van der Waals surface area contributed by atoms with Crippen LogP contribution in [0.2, 0.25) is 0 Å². The van der Waals surface area contributed by atoms with Gasteiger partial charge in [0.2, 0.25) is 0 Å². The lowest BCUT2D eigenvalue weighted by molar-refractivity contribution is -0.384. The second-order valence-electron chi connectivity index (χ2n) is 3.49. The fourth-order valence-electron chi connectivity index (χ4n) is 1.37. The molecule has 92 valence electrons. The van der Waals surface area contributed by atoms with Gasteiger partial charge in [-0.2, -0.15) is 17.8 Å². The molecule has 0 aliphatic heterocycles. The Labute approximate surface area is 103 Å². The van der Waals surface area contributed by atoms with Gasteiger partial charge >= 0.3 is 0 Å². The monoisotopic (exact) mass is 243 g/mol. The van der Waals surface area contributed by atoms with Crippen LogP contribution in [0.3, 0.4) is 0 Å². The normalized spacial score (nSPS) is 9.78. The Morgan fingerprint density at radius 2 is 2.00 bits per heavy atom. The fraction of sp³-hybridized carbons (Fsp3) is 0. The molecule has 2 aromatic carbocycles. The zero-order valence-electron chi connectivity index (χ0n) is 9.24. The first-order chi connectivity index (χ1) is 8.65. The van der Waals surface area contributed by atoms with E-state index in [1.165, 1.54) is 24.3 Å². The number of nitro groups is 1. The number of urea groups is 1. The van der Waals surface area contributed by atoms with Gasteiger partial charge in [0, 0.05) is 12.1 Å². The Balaban J connectivity index is 1.97. The van der Waals surface area contributed by atoms with E-state index >= 15 is 0 Å². The summed E-state index contributed by atoms with van der Waals surface area (Å²) in [6.07, 6.45) is 0. The number of non-ortho nitro benzene ring substituents is 1. The van der Waals surface area contributed by atoms with E-state index in [0.717, 1.165) is 0 Å². The molecule has 0 bridgehead atoms. The number of carbonyl (C=O) groups excluding carboxylic acids is 1. The van der Waals surface area contributed by atoms with Gasteiger partial charge in [0.05, 0.1) is 4.92 Å². The predicted octanol–water partition coefficient (Wildman–Crippen LogP) is 3.55. The summed E-state index contributed by atoms with van der Waals surface area (Å²) in [4.78, 5) is 21.4. The molecule has 2 amide bonds. The van der Waals surface area contributed by atoms with Crippen molar-refractivity contribution in [1.29, 1.82) is 0 Å². The highest BCUT2D eigenvalue weighted by molar-refractivity contribution is 6.04. The van der Waals surface area contributed by atoms with Crippen LogP contribution >= 0.6 is 0 Å². The summed E-state index contributed by atoms with van der Waals surface area (Å²) >= 11 is 0. The molecule has 0 aliphatic rings. The molecule has 6 nitrogen and oxygen atoms in total. The van der Waals surface area contributed by atoms with E-state index in [2.05, 4.69) is 10.6 Å². The molecule has 0 spiro atoms. The summed E-state index contributed by atoms with van der Waals surface area (Å²) in [6, 6.07) is 12.0. The van der Waals surface area contributed by atoms with Crippen LogP contribution in [0.15, 0.2) is 48.5 Å². The van der Waals surface area contributed by atoms with E-state index in [-0.39, 0.29) is 5.69 Å². The standard InChI is InChI=1S/C12H10N3O3/c16-12(13-9-3-1-2-4-9)14-10-5-7-11(8-6-10)15(17)18/h1-8H,(H2,13,14,16)/q-1/p-1. The van der Waals surface area contributed by atoms with Crippen molar-refractivity contribution in [1.82, 2.24) is 0 Å². The Morgan fingerprint density at radius 1 is 1.28 bits per heavy atom. The second-order valence-corrected chi connectivity index (χ2v) is 3.49. The van der Waals surface area contributed by atoms with E-state index in [0.29, 0.717) is 11.4 Å². The van der Waals surface area contributed by atoms with Crippen molar-refractivity contribution in [2.24, 2.45) is 0 Å². The number of nitrogens with one attached hydrogen (secondary N) is 1. The summed E-state index contributed by atoms with van der Waals surface area (Å²) in [6.45, 7) is 0. The van der Waals surface area contributed by atoms with E-state index in [1.54, 1.807) is 24.3 Å². The fourth-order valence-corrected chi connectivity index (χ4v) is 1.37. The van der Waals surface area contributed by atoms with Crippen LogP contribution in [0.4, 0.5) is 21.9 Å². The summed E-state index contributed by atoms with van der Waals surface area (Å²) in [7, 11) is 0. The van der Waals surface area contributed by atoms with Gasteiger partial charge in [0.25, 0.3) is 5.69 Å². The third-order valence-corrected chi connectivity index (χ3v) is 2.21. The van der Waals surface area contributed by atoms with Gasteiger partial charge in [-0.1, -0.05) is 12.1 Å². The number of carbonyl (C=O) groups is 1. The number of amides is 2. The van der Waals surface area contributed by atoms with Crippen molar-refractivity contribution in [3.8, 4) is 0 Å². The minimum absolute atomic E-state index is 0.0269. The van der Waals surface area contributed by atoms with Crippen molar-refractivity contribution < 1.29 is 9.72 Å². The van der Waals surface area contributed by atoms with Gasteiger partial charge in [0.1, 0.15) is 0 Å². The van der Waals surface area contributed by atoms with E-state index < -0.39 is 11.0 Å². The summed E-state index contributed by atoms with van der Waals surface area (Å²) in [5.74, 6) is 0. The van der Waals surface area contributed by atoms with E-state index in [1.807, 2.05) is 0 Å².